The number of anilines is 1. The van der Waals surface area contributed by atoms with Crippen LogP contribution in [0.4, 0.5) is 14.5 Å². The Bertz CT molecular complexity index is 1050. The van der Waals surface area contributed by atoms with Crippen molar-refractivity contribution in [1.82, 2.24) is 5.32 Å². The third-order valence-electron chi connectivity index (χ3n) is 6.11. The number of hydrogen-bond donors (Lipinski definition) is 1. The van der Waals surface area contributed by atoms with Crippen molar-refractivity contribution in [1.29, 1.82) is 0 Å². The summed E-state index contributed by atoms with van der Waals surface area (Å²) < 4.78 is 62.6. The molecule has 1 aliphatic carbocycles. The van der Waals surface area contributed by atoms with E-state index in [1.807, 2.05) is 0 Å². The molecule has 2 aromatic carbocycles. The standard InChI is InChI=1S/C21H24F2N2O4S/c1-25(15-4-3-5-16(10-15)29-20(22)23)30(26,27)17-6-7-19(28-2)18(11-17)21-12-14(21)8-9-24-13-21/h3-7,10-11,14,20,24H,8-9,12-13H2,1-2H3. The molecule has 2 unspecified atom stereocenters. The zero-order valence-electron chi connectivity index (χ0n) is 16.8. The van der Waals surface area contributed by atoms with Crippen LogP contribution < -0.4 is 19.1 Å². The van der Waals surface area contributed by atoms with Gasteiger partial charge in [-0.25, -0.2) is 8.42 Å². The number of hydrogen-bond acceptors (Lipinski definition) is 5. The fourth-order valence-electron chi connectivity index (χ4n) is 4.38. The highest BCUT2D eigenvalue weighted by molar-refractivity contribution is 7.92. The SMILES string of the molecule is COc1ccc(S(=O)(=O)N(C)c2cccc(OC(F)F)c2)cc1C12CNCCC1C2. The second-order valence-corrected chi connectivity index (χ2v) is 9.70. The van der Waals surface area contributed by atoms with Gasteiger partial charge in [0.25, 0.3) is 10.0 Å². The Morgan fingerprint density at radius 1 is 1.23 bits per heavy atom. The molecule has 9 heteroatoms. The molecule has 2 atom stereocenters. The summed E-state index contributed by atoms with van der Waals surface area (Å²) in [6.45, 7) is -1.23. The smallest absolute Gasteiger partial charge is 0.387 e. The van der Waals surface area contributed by atoms with Gasteiger partial charge in [0.05, 0.1) is 17.7 Å². The number of methoxy groups -OCH3 is 1. The van der Waals surface area contributed by atoms with E-state index in [0.717, 1.165) is 35.8 Å². The van der Waals surface area contributed by atoms with E-state index in [9.17, 15) is 17.2 Å². The zero-order chi connectivity index (χ0) is 21.5. The van der Waals surface area contributed by atoms with E-state index in [2.05, 4.69) is 10.1 Å². The number of fused-ring (bicyclic) bond motifs is 1. The number of alkyl halides is 2. The second kappa shape index (κ2) is 7.70. The van der Waals surface area contributed by atoms with Crippen molar-refractivity contribution in [3.8, 4) is 11.5 Å². The van der Waals surface area contributed by atoms with Crippen LogP contribution in [0.15, 0.2) is 47.4 Å². The fourth-order valence-corrected chi connectivity index (χ4v) is 5.59. The average molecular weight is 438 g/mol. The molecule has 0 radical (unpaired) electrons. The molecule has 1 heterocycles. The number of benzene rings is 2. The van der Waals surface area contributed by atoms with Gasteiger partial charge < -0.3 is 14.8 Å². The van der Waals surface area contributed by atoms with Gasteiger partial charge in [-0.05, 0) is 55.6 Å². The Labute approximate surface area is 174 Å². The molecule has 162 valence electrons. The number of halogens is 2. The van der Waals surface area contributed by atoms with Gasteiger partial charge in [0, 0.05) is 30.6 Å². The second-order valence-electron chi connectivity index (χ2n) is 7.73. The van der Waals surface area contributed by atoms with E-state index in [-0.39, 0.29) is 21.7 Å². The van der Waals surface area contributed by atoms with Gasteiger partial charge in [0.2, 0.25) is 0 Å². The summed E-state index contributed by atoms with van der Waals surface area (Å²) in [4.78, 5) is 0.131. The largest absolute Gasteiger partial charge is 0.496 e. The van der Waals surface area contributed by atoms with Crippen molar-refractivity contribution in [2.75, 3.05) is 31.6 Å². The number of ether oxygens (including phenoxy) is 2. The number of nitrogens with one attached hydrogen (secondary N) is 1. The first-order chi connectivity index (χ1) is 14.3. The summed E-state index contributed by atoms with van der Waals surface area (Å²) in [7, 11) is -0.946. The topological polar surface area (TPSA) is 67.9 Å². The fraction of sp³-hybridized carbons (Fsp3) is 0.429. The molecule has 30 heavy (non-hydrogen) atoms. The van der Waals surface area contributed by atoms with Crippen molar-refractivity contribution in [2.45, 2.75) is 29.8 Å². The van der Waals surface area contributed by atoms with Crippen molar-refractivity contribution < 1.29 is 26.7 Å². The van der Waals surface area contributed by atoms with Crippen LogP contribution in [0.25, 0.3) is 0 Å². The predicted octanol–water partition coefficient (Wildman–Crippen LogP) is 3.37. The van der Waals surface area contributed by atoms with Crippen LogP contribution in [0.1, 0.15) is 18.4 Å². The van der Waals surface area contributed by atoms with Crippen LogP contribution >= 0.6 is 0 Å². The summed E-state index contributed by atoms with van der Waals surface area (Å²) >= 11 is 0. The lowest BCUT2D eigenvalue weighted by Crippen LogP contribution is -2.35. The van der Waals surface area contributed by atoms with Gasteiger partial charge in [-0.15, -0.1) is 0 Å². The molecule has 4 rings (SSSR count). The molecule has 2 aromatic rings. The minimum Gasteiger partial charge on any atom is -0.496 e. The van der Waals surface area contributed by atoms with Crippen LogP contribution in [-0.2, 0) is 15.4 Å². The summed E-state index contributed by atoms with van der Waals surface area (Å²) in [6.07, 6.45) is 2.06. The molecule has 0 bridgehead atoms. The van der Waals surface area contributed by atoms with Crippen molar-refractivity contribution in [3.63, 3.8) is 0 Å². The molecule has 1 saturated heterocycles. The highest BCUT2D eigenvalue weighted by atomic mass is 32.2. The molecular formula is C21H24F2N2O4S. The Hall–Kier alpha value is -2.39. The van der Waals surface area contributed by atoms with Gasteiger partial charge in [-0.1, -0.05) is 6.07 Å². The zero-order valence-corrected chi connectivity index (χ0v) is 17.6. The normalized spacial score (nSPS) is 23.0. The molecule has 0 aromatic heterocycles. The Balaban J connectivity index is 1.69. The van der Waals surface area contributed by atoms with Crippen LogP contribution in [0, 0.1) is 5.92 Å². The maximum Gasteiger partial charge on any atom is 0.387 e. The van der Waals surface area contributed by atoms with Crippen LogP contribution in [0.3, 0.4) is 0 Å². The Morgan fingerprint density at radius 2 is 2.03 bits per heavy atom. The minimum absolute atomic E-state index is 0.0985. The number of piperidine rings is 1. The third-order valence-corrected chi connectivity index (χ3v) is 7.90. The lowest BCUT2D eigenvalue weighted by Gasteiger charge is -2.26. The molecule has 1 saturated carbocycles. The number of rotatable bonds is 7. The lowest BCUT2D eigenvalue weighted by molar-refractivity contribution is -0.0498. The molecule has 6 nitrogen and oxygen atoms in total. The first-order valence-electron chi connectivity index (χ1n) is 9.71. The van der Waals surface area contributed by atoms with Crippen LogP contribution in [-0.4, -0.2) is 42.3 Å². The van der Waals surface area contributed by atoms with Gasteiger partial charge in [-0.3, -0.25) is 4.31 Å². The lowest BCUT2D eigenvalue weighted by atomic mass is 9.89. The highest BCUT2D eigenvalue weighted by Gasteiger charge is 2.57. The number of nitrogens with zero attached hydrogens (tertiary/aromatic N) is 1. The van der Waals surface area contributed by atoms with Crippen LogP contribution in [0.2, 0.25) is 0 Å². The molecule has 1 aliphatic heterocycles. The Morgan fingerprint density at radius 3 is 2.73 bits per heavy atom. The van der Waals surface area contributed by atoms with Crippen molar-refractivity contribution >= 4 is 15.7 Å². The van der Waals surface area contributed by atoms with E-state index >= 15 is 0 Å². The maximum absolute atomic E-state index is 13.3. The quantitative estimate of drug-likeness (QED) is 0.718. The van der Waals surface area contributed by atoms with Crippen LogP contribution in [0.5, 0.6) is 11.5 Å². The monoisotopic (exact) mass is 438 g/mol. The van der Waals surface area contributed by atoms with Crippen molar-refractivity contribution in [3.05, 3.63) is 48.0 Å². The molecular weight excluding hydrogens is 414 g/mol. The summed E-state index contributed by atoms with van der Waals surface area (Å²) in [5.74, 6) is 1.09. The molecule has 2 fully saturated rings. The number of sulfonamides is 1. The van der Waals surface area contributed by atoms with Gasteiger partial charge in [0.1, 0.15) is 11.5 Å². The van der Waals surface area contributed by atoms with E-state index in [1.54, 1.807) is 19.2 Å². The molecule has 1 N–H and O–H groups in total. The van der Waals surface area contributed by atoms with E-state index in [0.29, 0.717) is 11.7 Å². The predicted molar refractivity (Wildman–Crippen MR) is 109 cm³/mol. The molecule has 0 spiro atoms. The van der Waals surface area contributed by atoms with E-state index in [1.165, 1.54) is 37.4 Å². The van der Waals surface area contributed by atoms with E-state index < -0.39 is 16.6 Å². The first kappa shape index (κ1) is 20.9. The third kappa shape index (κ3) is 3.60. The highest BCUT2D eigenvalue weighted by Crippen LogP contribution is 2.59. The van der Waals surface area contributed by atoms with Gasteiger partial charge in [-0.2, -0.15) is 8.78 Å². The van der Waals surface area contributed by atoms with Gasteiger partial charge >= 0.3 is 6.61 Å². The minimum atomic E-state index is -3.92. The first-order valence-corrected chi connectivity index (χ1v) is 11.1. The summed E-state index contributed by atoms with van der Waals surface area (Å²) in [5.41, 5.74) is 1.03. The van der Waals surface area contributed by atoms with Gasteiger partial charge in [0.15, 0.2) is 0 Å². The average Bonchev–Trinajstić information content (AvgIpc) is 3.48. The molecule has 0 amide bonds. The van der Waals surface area contributed by atoms with E-state index in [4.69, 9.17) is 4.74 Å². The summed E-state index contributed by atoms with van der Waals surface area (Å²) in [5, 5.41) is 3.40. The maximum atomic E-state index is 13.3. The summed E-state index contributed by atoms with van der Waals surface area (Å²) in [6, 6.07) is 10.5. The van der Waals surface area contributed by atoms with Crippen molar-refractivity contribution in [2.24, 2.45) is 5.92 Å². The Kier molecular flexibility index (Phi) is 5.36. The molecule has 2 aliphatic rings.